The number of ether oxygens (including phenoxy) is 1. The van der Waals surface area contributed by atoms with Crippen molar-refractivity contribution in [2.24, 2.45) is 0 Å². The normalized spacial score (nSPS) is 10.5. The summed E-state index contributed by atoms with van der Waals surface area (Å²) in [7, 11) is 0. The van der Waals surface area contributed by atoms with Crippen LogP contribution < -0.4 is 5.32 Å². The van der Waals surface area contributed by atoms with Gasteiger partial charge < -0.3 is 10.1 Å². The molecule has 0 saturated carbocycles. The molecule has 2 heterocycles. The average Bonchev–Trinajstić information content (AvgIpc) is 3.06. The Morgan fingerprint density at radius 3 is 2.45 bits per heavy atom. The highest BCUT2D eigenvalue weighted by Crippen LogP contribution is 2.19. The molecule has 2 aromatic heterocycles. The minimum absolute atomic E-state index is 0.184. The maximum atomic E-state index is 12.3. The average molecular weight is 424 g/mol. The quantitative estimate of drug-likeness (QED) is 0.346. The molecule has 0 aliphatic heterocycles. The summed E-state index contributed by atoms with van der Waals surface area (Å²) in [6.07, 6.45) is -0.322. The highest BCUT2D eigenvalue weighted by atomic mass is 16.6. The Hall–Kier alpha value is -4.15. The standard InChI is InChI=1S/C20H20N6O5/c1-12-8-13(2)22-20(21-12)25-17(9-14(3)24-25)23-18(27)11-31-19(28)10-15-6-4-5-7-16(15)26(29)30/h4-9H,10-11H2,1-3H3,(H,23,27). The lowest BCUT2D eigenvalue weighted by atomic mass is 10.1. The van der Waals surface area contributed by atoms with E-state index in [4.69, 9.17) is 4.74 Å². The predicted octanol–water partition coefficient (Wildman–Crippen LogP) is 2.22. The third-order valence-electron chi connectivity index (χ3n) is 4.15. The fourth-order valence-electron chi connectivity index (χ4n) is 2.91. The largest absolute Gasteiger partial charge is 0.455 e. The number of aryl methyl sites for hydroxylation is 3. The van der Waals surface area contributed by atoms with Crippen LogP contribution in [0.3, 0.4) is 0 Å². The van der Waals surface area contributed by atoms with Gasteiger partial charge in [-0.2, -0.15) is 9.78 Å². The number of nitro benzene ring substituents is 1. The van der Waals surface area contributed by atoms with Crippen LogP contribution in [-0.4, -0.2) is 43.2 Å². The van der Waals surface area contributed by atoms with Crippen LogP contribution >= 0.6 is 0 Å². The van der Waals surface area contributed by atoms with E-state index < -0.39 is 23.4 Å². The van der Waals surface area contributed by atoms with Gasteiger partial charge in [-0.15, -0.1) is 0 Å². The summed E-state index contributed by atoms with van der Waals surface area (Å²) in [5.41, 5.74) is 2.15. The number of para-hydroxylation sites is 1. The predicted molar refractivity (Wildman–Crippen MR) is 110 cm³/mol. The number of rotatable bonds is 7. The SMILES string of the molecule is Cc1cc(C)nc(-n2nc(C)cc2NC(=O)COC(=O)Cc2ccccc2[N+](=O)[O-])n1. The van der Waals surface area contributed by atoms with Gasteiger partial charge in [-0.1, -0.05) is 18.2 Å². The molecule has 0 unspecified atom stereocenters. The van der Waals surface area contributed by atoms with E-state index in [1.807, 2.05) is 19.9 Å². The Kier molecular flexibility index (Phi) is 6.34. The molecule has 1 amide bonds. The second-order valence-electron chi connectivity index (χ2n) is 6.80. The van der Waals surface area contributed by atoms with Crippen molar-refractivity contribution < 1.29 is 19.2 Å². The van der Waals surface area contributed by atoms with Gasteiger partial charge in [0.05, 0.1) is 17.0 Å². The maximum absolute atomic E-state index is 12.3. The van der Waals surface area contributed by atoms with Crippen molar-refractivity contribution in [3.05, 3.63) is 69.2 Å². The molecule has 0 fully saturated rings. The minimum atomic E-state index is -0.758. The lowest BCUT2D eigenvalue weighted by Crippen LogP contribution is -2.23. The van der Waals surface area contributed by atoms with Crippen LogP contribution in [0.25, 0.3) is 5.95 Å². The van der Waals surface area contributed by atoms with E-state index in [0.717, 1.165) is 11.4 Å². The maximum Gasteiger partial charge on any atom is 0.311 e. The van der Waals surface area contributed by atoms with Gasteiger partial charge in [-0.05, 0) is 26.8 Å². The van der Waals surface area contributed by atoms with Crippen LogP contribution in [0.4, 0.5) is 11.5 Å². The number of carbonyl (C=O) groups excluding carboxylic acids is 2. The number of hydrogen-bond acceptors (Lipinski definition) is 8. The van der Waals surface area contributed by atoms with Crippen LogP contribution in [0.15, 0.2) is 36.4 Å². The number of nitro groups is 1. The first kappa shape index (κ1) is 21.6. The first-order valence-corrected chi connectivity index (χ1v) is 9.30. The molecular weight excluding hydrogens is 404 g/mol. The lowest BCUT2D eigenvalue weighted by molar-refractivity contribution is -0.385. The first-order chi connectivity index (χ1) is 14.7. The molecule has 0 aliphatic rings. The van der Waals surface area contributed by atoms with E-state index >= 15 is 0 Å². The van der Waals surface area contributed by atoms with E-state index in [2.05, 4.69) is 20.4 Å². The number of amides is 1. The third kappa shape index (κ3) is 5.47. The van der Waals surface area contributed by atoms with Crippen LogP contribution in [0, 0.1) is 30.9 Å². The second-order valence-corrected chi connectivity index (χ2v) is 6.80. The zero-order chi connectivity index (χ0) is 22.5. The molecule has 1 N–H and O–H groups in total. The summed E-state index contributed by atoms with van der Waals surface area (Å²) >= 11 is 0. The summed E-state index contributed by atoms with van der Waals surface area (Å²) in [6, 6.07) is 9.30. The number of esters is 1. The van der Waals surface area contributed by atoms with Crippen molar-refractivity contribution in [2.45, 2.75) is 27.2 Å². The molecule has 11 heteroatoms. The van der Waals surface area contributed by atoms with Crippen molar-refractivity contribution in [3.8, 4) is 5.95 Å². The fourth-order valence-corrected chi connectivity index (χ4v) is 2.91. The van der Waals surface area contributed by atoms with Crippen molar-refractivity contribution >= 4 is 23.4 Å². The Bertz CT molecular complexity index is 1140. The molecule has 1 aromatic carbocycles. The lowest BCUT2D eigenvalue weighted by Gasteiger charge is -2.09. The number of nitrogens with one attached hydrogen (secondary N) is 1. The molecule has 160 valence electrons. The molecule has 11 nitrogen and oxygen atoms in total. The third-order valence-corrected chi connectivity index (χ3v) is 4.15. The zero-order valence-electron chi connectivity index (χ0n) is 17.2. The summed E-state index contributed by atoms with van der Waals surface area (Å²) in [5.74, 6) is -0.732. The van der Waals surface area contributed by atoms with Crippen molar-refractivity contribution in [3.63, 3.8) is 0 Å². The van der Waals surface area contributed by atoms with E-state index in [-0.39, 0.29) is 17.7 Å². The Balaban J connectivity index is 1.64. The molecule has 0 aliphatic carbocycles. The van der Waals surface area contributed by atoms with Gasteiger partial charge in [-0.3, -0.25) is 19.7 Å². The van der Waals surface area contributed by atoms with Gasteiger partial charge in [0.2, 0.25) is 0 Å². The number of benzene rings is 1. The van der Waals surface area contributed by atoms with Gasteiger partial charge >= 0.3 is 5.97 Å². The molecule has 0 spiro atoms. The molecule has 0 bridgehead atoms. The highest BCUT2D eigenvalue weighted by molar-refractivity contribution is 5.92. The van der Waals surface area contributed by atoms with Crippen molar-refractivity contribution in [2.75, 3.05) is 11.9 Å². The van der Waals surface area contributed by atoms with Gasteiger partial charge in [0.15, 0.2) is 6.61 Å². The molecule has 0 radical (unpaired) electrons. The van der Waals surface area contributed by atoms with Crippen molar-refractivity contribution in [1.82, 2.24) is 19.7 Å². The molecule has 3 rings (SSSR count). The van der Waals surface area contributed by atoms with Gasteiger partial charge in [0.1, 0.15) is 5.82 Å². The minimum Gasteiger partial charge on any atom is -0.455 e. The van der Waals surface area contributed by atoms with E-state index in [0.29, 0.717) is 17.5 Å². The van der Waals surface area contributed by atoms with Crippen LogP contribution in [0.1, 0.15) is 22.6 Å². The number of anilines is 1. The Morgan fingerprint density at radius 2 is 1.77 bits per heavy atom. The zero-order valence-corrected chi connectivity index (χ0v) is 17.2. The fraction of sp³-hybridized carbons (Fsp3) is 0.250. The van der Waals surface area contributed by atoms with E-state index in [1.54, 1.807) is 19.1 Å². The summed E-state index contributed by atoms with van der Waals surface area (Å²) in [4.78, 5) is 43.5. The van der Waals surface area contributed by atoms with Gasteiger partial charge in [0.25, 0.3) is 17.5 Å². The second kappa shape index (κ2) is 9.11. The van der Waals surface area contributed by atoms with Crippen LogP contribution in [0.5, 0.6) is 0 Å². The summed E-state index contributed by atoms with van der Waals surface area (Å²) in [6.45, 7) is 4.84. The monoisotopic (exact) mass is 424 g/mol. The van der Waals surface area contributed by atoms with Crippen LogP contribution in [0.2, 0.25) is 0 Å². The van der Waals surface area contributed by atoms with Crippen molar-refractivity contribution in [1.29, 1.82) is 0 Å². The summed E-state index contributed by atoms with van der Waals surface area (Å²) < 4.78 is 6.36. The topological polar surface area (TPSA) is 142 Å². The smallest absolute Gasteiger partial charge is 0.311 e. The molecule has 0 saturated heterocycles. The Labute approximate surface area is 177 Å². The van der Waals surface area contributed by atoms with Gasteiger partial charge in [-0.25, -0.2) is 9.97 Å². The Morgan fingerprint density at radius 1 is 1.10 bits per heavy atom. The number of aromatic nitrogens is 4. The van der Waals surface area contributed by atoms with Crippen LogP contribution in [-0.2, 0) is 20.7 Å². The number of nitrogens with zero attached hydrogens (tertiary/aromatic N) is 5. The summed E-state index contributed by atoms with van der Waals surface area (Å²) in [5, 5.41) is 17.9. The molecule has 0 atom stereocenters. The number of hydrogen-bond donors (Lipinski definition) is 1. The van der Waals surface area contributed by atoms with E-state index in [9.17, 15) is 19.7 Å². The highest BCUT2D eigenvalue weighted by Gasteiger charge is 2.18. The molecular formula is C20H20N6O5. The first-order valence-electron chi connectivity index (χ1n) is 9.30. The molecule has 31 heavy (non-hydrogen) atoms. The molecule has 3 aromatic rings. The number of carbonyl (C=O) groups is 2. The van der Waals surface area contributed by atoms with E-state index in [1.165, 1.54) is 22.9 Å². The van der Waals surface area contributed by atoms with Gasteiger partial charge in [0, 0.05) is 29.1 Å².